The van der Waals surface area contributed by atoms with Gasteiger partial charge in [0.05, 0.1) is 0 Å². The van der Waals surface area contributed by atoms with Gasteiger partial charge in [-0.2, -0.15) is 0 Å². The van der Waals surface area contributed by atoms with E-state index in [0.717, 1.165) is 32.4 Å². The SMILES string of the molecule is CN(C(=O)CC1CCCc2ccccc21)C1CCNCC1.Cl. The Hall–Kier alpha value is -1.06. The van der Waals surface area contributed by atoms with E-state index in [0.29, 0.717) is 24.3 Å². The number of piperidine rings is 1. The monoisotopic (exact) mass is 322 g/mol. The lowest BCUT2D eigenvalue weighted by molar-refractivity contribution is -0.132. The van der Waals surface area contributed by atoms with Gasteiger partial charge in [0.1, 0.15) is 0 Å². The maximum atomic E-state index is 12.6. The van der Waals surface area contributed by atoms with E-state index in [9.17, 15) is 4.79 Å². The standard InChI is InChI=1S/C18H26N2O.ClH/c1-20(16-9-11-19-12-10-16)18(21)13-15-7-4-6-14-5-2-3-8-17(14)15;/h2-3,5,8,15-16,19H,4,6-7,9-13H2,1H3;1H. The molecule has 1 aromatic carbocycles. The van der Waals surface area contributed by atoms with Crippen LogP contribution < -0.4 is 5.32 Å². The average molecular weight is 323 g/mol. The van der Waals surface area contributed by atoms with Gasteiger partial charge < -0.3 is 10.2 Å². The van der Waals surface area contributed by atoms with Crippen LogP contribution in [0.15, 0.2) is 24.3 Å². The summed E-state index contributed by atoms with van der Waals surface area (Å²) in [5.41, 5.74) is 2.86. The van der Waals surface area contributed by atoms with Crippen molar-refractivity contribution in [2.24, 2.45) is 0 Å². The molecular weight excluding hydrogens is 296 g/mol. The van der Waals surface area contributed by atoms with Gasteiger partial charge in [-0.25, -0.2) is 0 Å². The largest absolute Gasteiger partial charge is 0.343 e. The first-order valence-corrected chi connectivity index (χ1v) is 8.30. The van der Waals surface area contributed by atoms with Crippen LogP contribution in [0.1, 0.15) is 49.1 Å². The van der Waals surface area contributed by atoms with Crippen molar-refractivity contribution in [1.29, 1.82) is 0 Å². The average Bonchev–Trinajstić information content (AvgIpc) is 2.55. The highest BCUT2D eigenvalue weighted by Gasteiger charge is 2.27. The zero-order valence-corrected chi connectivity index (χ0v) is 14.2. The molecule has 1 unspecified atom stereocenters. The normalized spacial score (nSPS) is 21.6. The van der Waals surface area contributed by atoms with E-state index in [1.165, 1.54) is 24.0 Å². The van der Waals surface area contributed by atoms with Gasteiger partial charge in [-0.3, -0.25) is 4.79 Å². The van der Waals surface area contributed by atoms with Crippen LogP contribution in [0.25, 0.3) is 0 Å². The molecule has 1 heterocycles. The Bertz CT molecular complexity index is 500. The summed E-state index contributed by atoms with van der Waals surface area (Å²) >= 11 is 0. The van der Waals surface area contributed by atoms with Crippen LogP contribution in [0.5, 0.6) is 0 Å². The Kier molecular flexibility index (Phi) is 6.27. The topological polar surface area (TPSA) is 32.3 Å². The van der Waals surface area contributed by atoms with Gasteiger partial charge in [-0.15, -0.1) is 12.4 Å². The molecule has 1 fully saturated rings. The van der Waals surface area contributed by atoms with Crippen molar-refractivity contribution < 1.29 is 4.79 Å². The zero-order valence-electron chi connectivity index (χ0n) is 13.4. The molecule has 4 heteroatoms. The lowest BCUT2D eigenvalue weighted by atomic mass is 9.81. The van der Waals surface area contributed by atoms with Crippen molar-refractivity contribution in [2.75, 3.05) is 20.1 Å². The first-order valence-electron chi connectivity index (χ1n) is 8.30. The van der Waals surface area contributed by atoms with Crippen LogP contribution in [0.4, 0.5) is 0 Å². The van der Waals surface area contributed by atoms with E-state index in [1.54, 1.807) is 0 Å². The first-order chi connectivity index (χ1) is 10.3. The highest BCUT2D eigenvalue weighted by Crippen LogP contribution is 2.34. The molecular formula is C18H27ClN2O. The molecule has 0 saturated carbocycles. The number of halogens is 1. The van der Waals surface area contributed by atoms with Crippen molar-refractivity contribution in [3.63, 3.8) is 0 Å². The second kappa shape index (κ2) is 7.98. The summed E-state index contributed by atoms with van der Waals surface area (Å²) in [5.74, 6) is 0.746. The third kappa shape index (κ3) is 3.82. The quantitative estimate of drug-likeness (QED) is 0.927. The van der Waals surface area contributed by atoms with Crippen molar-refractivity contribution >= 4 is 18.3 Å². The molecule has 3 nitrogen and oxygen atoms in total. The number of amides is 1. The van der Waals surface area contributed by atoms with Crippen molar-refractivity contribution in [2.45, 2.75) is 50.5 Å². The molecule has 122 valence electrons. The van der Waals surface area contributed by atoms with Gasteiger partial charge in [0, 0.05) is 19.5 Å². The fourth-order valence-electron chi connectivity index (χ4n) is 3.82. The molecule has 0 radical (unpaired) electrons. The number of benzene rings is 1. The highest BCUT2D eigenvalue weighted by atomic mass is 35.5. The molecule has 2 aliphatic rings. The van der Waals surface area contributed by atoms with Gasteiger partial charge in [0.2, 0.25) is 5.91 Å². The lowest BCUT2D eigenvalue weighted by Gasteiger charge is -2.33. The molecule has 22 heavy (non-hydrogen) atoms. The summed E-state index contributed by atoms with van der Waals surface area (Å²) in [7, 11) is 1.99. The smallest absolute Gasteiger partial charge is 0.223 e. The summed E-state index contributed by atoms with van der Waals surface area (Å²) in [4.78, 5) is 14.6. The van der Waals surface area contributed by atoms with Crippen LogP contribution >= 0.6 is 12.4 Å². The van der Waals surface area contributed by atoms with Crippen LogP contribution in [-0.4, -0.2) is 37.0 Å². The van der Waals surface area contributed by atoms with E-state index in [1.807, 2.05) is 11.9 Å². The summed E-state index contributed by atoms with van der Waals surface area (Å²) in [6.45, 7) is 2.07. The summed E-state index contributed by atoms with van der Waals surface area (Å²) in [6, 6.07) is 9.10. The van der Waals surface area contributed by atoms with E-state index >= 15 is 0 Å². The molecule has 3 rings (SSSR count). The van der Waals surface area contributed by atoms with Crippen molar-refractivity contribution in [3.8, 4) is 0 Å². The number of hydrogen-bond donors (Lipinski definition) is 1. The predicted octanol–water partition coefficient (Wildman–Crippen LogP) is 3.13. The van der Waals surface area contributed by atoms with Gasteiger partial charge in [0.15, 0.2) is 0 Å². The lowest BCUT2D eigenvalue weighted by Crippen LogP contribution is -2.44. The van der Waals surface area contributed by atoms with Crippen LogP contribution in [0.3, 0.4) is 0 Å². The first kappa shape index (κ1) is 17.3. The van der Waals surface area contributed by atoms with Crippen molar-refractivity contribution in [3.05, 3.63) is 35.4 Å². The van der Waals surface area contributed by atoms with E-state index < -0.39 is 0 Å². The van der Waals surface area contributed by atoms with E-state index in [-0.39, 0.29) is 12.4 Å². The van der Waals surface area contributed by atoms with E-state index in [4.69, 9.17) is 0 Å². The number of aryl methyl sites for hydroxylation is 1. The summed E-state index contributed by atoms with van der Waals surface area (Å²) in [5, 5.41) is 3.36. The Morgan fingerprint density at radius 2 is 1.95 bits per heavy atom. The number of carbonyl (C=O) groups is 1. The molecule has 0 spiro atoms. The van der Waals surface area contributed by atoms with E-state index in [2.05, 4.69) is 29.6 Å². The van der Waals surface area contributed by atoms with Gasteiger partial charge >= 0.3 is 0 Å². The minimum atomic E-state index is 0. The van der Waals surface area contributed by atoms with Crippen LogP contribution in [-0.2, 0) is 11.2 Å². The number of fused-ring (bicyclic) bond motifs is 1. The molecule has 0 bridgehead atoms. The number of rotatable bonds is 3. The molecule has 1 N–H and O–H groups in total. The molecule has 1 atom stereocenters. The Balaban J connectivity index is 0.00000176. The third-order valence-electron chi connectivity index (χ3n) is 5.16. The second-order valence-corrected chi connectivity index (χ2v) is 6.48. The number of nitrogens with one attached hydrogen (secondary N) is 1. The molecule has 1 aromatic rings. The number of nitrogens with zero attached hydrogens (tertiary/aromatic N) is 1. The fraction of sp³-hybridized carbons (Fsp3) is 0.611. The molecule has 1 aliphatic carbocycles. The highest BCUT2D eigenvalue weighted by molar-refractivity contribution is 5.85. The Morgan fingerprint density at radius 3 is 2.73 bits per heavy atom. The molecule has 1 amide bonds. The summed E-state index contributed by atoms with van der Waals surface area (Å²) in [6.07, 6.45) is 6.39. The Labute approximate surface area is 139 Å². The zero-order chi connectivity index (χ0) is 14.7. The predicted molar refractivity (Wildman–Crippen MR) is 92.6 cm³/mol. The molecule has 1 saturated heterocycles. The maximum Gasteiger partial charge on any atom is 0.223 e. The van der Waals surface area contributed by atoms with Crippen LogP contribution in [0.2, 0.25) is 0 Å². The fourth-order valence-corrected chi connectivity index (χ4v) is 3.82. The Morgan fingerprint density at radius 1 is 1.23 bits per heavy atom. The third-order valence-corrected chi connectivity index (χ3v) is 5.16. The number of carbonyl (C=O) groups excluding carboxylic acids is 1. The summed E-state index contributed by atoms with van der Waals surface area (Å²) < 4.78 is 0. The van der Waals surface area contributed by atoms with Crippen molar-refractivity contribution in [1.82, 2.24) is 10.2 Å². The maximum absolute atomic E-state index is 12.6. The second-order valence-electron chi connectivity index (χ2n) is 6.48. The minimum absolute atomic E-state index is 0. The molecule has 1 aliphatic heterocycles. The van der Waals surface area contributed by atoms with Gasteiger partial charge in [-0.05, 0) is 62.2 Å². The minimum Gasteiger partial charge on any atom is -0.343 e. The number of hydrogen-bond acceptors (Lipinski definition) is 2. The molecule has 0 aromatic heterocycles. The van der Waals surface area contributed by atoms with Gasteiger partial charge in [0.25, 0.3) is 0 Å². The van der Waals surface area contributed by atoms with Crippen LogP contribution in [0, 0.1) is 0 Å². The van der Waals surface area contributed by atoms with Gasteiger partial charge in [-0.1, -0.05) is 24.3 Å².